The van der Waals surface area contributed by atoms with E-state index in [1.807, 2.05) is 4.90 Å². The molecule has 0 N–H and O–H groups in total. The average Bonchev–Trinajstić information content (AvgIpc) is 3.06. The minimum absolute atomic E-state index is 0.162. The highest BCUT2D eigenvalue weighted by Crippen LogP contribution is 2.31. The third-order valence-electron chi connectivity index (χ3n) is 4.02. The summed E-state index contributed by atoms with van der Waals surface area (Å²) in [6, 6.07) is 2.12. The van der Waals surface area contributed by atoms with Crippen LogP contribution in [0.4, 0.5) is 13.9 Å². The number of hydrogen-bond acceptors (Lipinski definition) is 6. The van der Waals surface area contributed by atoms with E-state index in [1.54, 1.807) is 4.90 Å². The van der Waals surface area contributed by atoms with Crippen molar-refractivity contribution < 1.29 is 13.6 Å². The zero-order valence-corrected chi connectivity index (χ0v) is 13.8. The van der Waals surface area contributed by atoms with E-state index >= 15 is 0 Å². The average molecular weight is 361 g/mol. The predicted octanol–water partition coefficient (Wildman–Crippen LogP) is 2.33. The van der Waals surface area contributed by atoms with Crippen LogP contribution in [0.5, 0.6) is 0 Å². The van der Waals surface area contributed by atoms with Crippen molar-refractivity contribution in [2.75, 3.05) is 31.1 Å². The van der Waals surface area contributed by atoms with Gasteiger partial charge in [0.25, 0.3) is 5.91 Å². The minimum atomic E-state index is -0.658. The quantitative estimate of drug-likeness (QED) is 0.701. The Bertz CT molecular complexity index is 925. The highest BCUT2D eigenvalue weighted by Gasteiger charge is 2.25. The van der Waals surface area contributed by atoms with Crippen LogP contribution in [-0.2, 0) is 0 Å². The van der Waals surface area contributed by atoms with Crippen molar-refractivity contribution >= 4 is 32.6 Å². The van der Waals surface area contributed by atoms with Gasteiger partial charge in [0.15, 0.2) is 10.9 Å². The normalized spacial score (nSPS) is 15.0. The van der Waals surface area contributed by atoms with E-state index in [1.165, 1.54) is 36.0 Å². The maximum atomic E-state index is 13.8. The van der Waals surface area contributed by atoms with Gasteiger partial charge in [0.2, 0.25) is 0 Å². The number of fused-ring (bicyclic) bond motifs is 1. The van der Waals surface area contributed by atoms with Gasteiger partial charge in [-0.1, -0.05) is 11.3 Å². The lowest BCUT2D eigenvalue weighted by Crippen LogP contribution is -2.49. The number of piperazine rings is 1. The van der Waals surface area contributed by atoms with Gasteiger partial charge < -0.3 is 9.80 Å². The number of anilines is 1. The molecule has 0 bridgehead atoms. The fourth-order valence-corrected chi connectivity index (χ4v) is 3.81. The number of thiazole rings is 1. The Morgan fingerprint density at radius 2 is 1.92 bits per heavy atom. The zero-order valence-electron chi connectivity index (χ0n) is 13.0. The largest absolute Gasteiger partial charge is 0.345 e. The summed E-state index contributed by atoms with van der Waals surface area (Å²) < 4.78 is 27.6. The van der Waals surface area contributed by atoms with Gasteiger partial charge in [0, 0.05) is 44.6 Å². The summed E-state index contributed by atoms with van der Waals surface area (Å²) in [5, 5.41) is 0.631. The SMILES string of the molecule is O=C(c1cnccn1)N1CCN(c2nc3c(F)cc(F)cc3s2)CC1. The first-order valence-corrected chi connectivity index (χ1v) is 8.49. The smallest absolute Gasteiger partial charge is 0.274 e. The molecule has 128 valence electrons. The lowest BCUT2D eigenvalue weighted by atomic mass is 10.3. The molecule has 1 saturated heterocycles. The first kappa shape index (κ1) is 15.8. The number of carbonyl (C=O) groups is 1. The van der Waals surface area contributed by atoms with Gasteiger partial charge in [-0.25, -0.2) is 18.7 Å². The molecule has 1 aromatic carbocycles. The van der Waals surface area contributed by atoms with Crippen molar-refractivity contribution in [3.63, 3.8) is 0 Å². The van der Waals surface area contributed by atoms with E-state index in [0.29, 0.717) is 41.7 Å². The number of aromatic nitrogens is 3. The molecule has 1 aliphatic heterocycles. The molecule has 25 heavy (non-hydrogen) atoms. The third kappa shape index (κ3) is 3.02. The Kier molecular flexibility index (Phi) is 4.00. The number of nitrogens with zero attached hydrogens (tertiary/aromatic N) is 5. The Hall–Kier alpha value is -2.68. The van der Waals surface area contributed by atoms with E-state index < -0.39 is 11.6 Å². The second-order valence-corrected chi connectivity index (χ2v) is 6.61. The van der Waals surface area contributed by atoms with Crippen molar-refractivity contribution in [1.82, 2.24) is 19.9 Å². The molecule has 0 radical (unpaired) electrons. The summed E-state index contributed by atoms with van der Waals surface area (Å²) >= 11 is 1.25. The molecule has 0 spiro atoms. The van der Waals surface area contributed by atoms with Gasteiger partial charge in [-0.2, -0.15) is 0 Å². The van der Waals surface area contributed by atoms with Crippen molar-refractivity contribution in [3.05, 3.63) is 48.1 Å². The first-order valence-electron chi connectivity index (χ1n) is 7.67. The van der Waals surface area contributed by atoms with E-state index in [-0.39, 0.29) is 11.4 Å². The summed E-state index contributed by atoms with van der Waals surface area (Å²) in [6.45, 7) is 2.14. The Labute approximate surface area is 145 Å². The highest BCUT2D eigenvalue weighted by molar-refractivity contribution is 7.22. The topological polar surface area (TPSA) is 62.2 Å². The number of hydrogen-bond donors (Lipinski definition) is 0. The van der Waals surface area contributed by atoms with E-state index in [0.717, 1.165) is 6.07 Å². The summed E-state index contributed by atoms with van der Waals surface area (Å²) in [5.41, 5.74) is 0.493. The number of rotatable bonds is 2. The second-order valence-electron chi connectivity index (χ2n) is 5.60. The van der Waals surface area contributed by atoms with Gasteiger partial charge in [0.1, 0.15) is 17.0 Å². The van der Waals surface area contributed by atoms with Crippen LogP contribution in [0.2, 0.25) is 0 Å². The highest BCUT2D eigenvalue weighted by atomic mass is 32.1. The van der Waals surface area contributed by atoms with E-state index in [4.69, 9.17) is 0 Å². The lowest BCUT2D eigenvalue weighted by molar-refractivity contribution is 0.0740. The van der Waals surface area contributed by atoms with Crippen molar-refractivity contribution in [2.24, 2.45) is 0 Å². The molecule has 3 heterocycles. The summed E-state index contributed by atoms with van der Waals surface area (Å²) in [5.74, 6) is -1.43. The number of halogens is 2. The summed E-state index contributed by atoms with van der Waals surface area (Å²) in [4.78, 5) is 28.3. The predicted molar refractivity (Wildman–Crippen MR) is 89.7 cm³/mol. The van der Waals surface area contributed by atoms with Gasteiger partial charge in [0.05, 0.1) is 10.9 Å². The molecule has 0 saturated carbocycles. The standard InChI is InChI=1S/C16H13F2N5OS/c17-10-7-11(18)14-13(8-10)25-16(21-14)23-5-3-22(4-6-23)15(24)12-9-19-1-2-20-12/h1-2,7-9H,3-6H2. The molecule has 1 amide bonds. The van der Waals surface area contributed by atoms with Crippen LogP contribution in [0.3, 0.4) is 0 Å². The fraction of sp³-hybridized carbons (Fsp3) is 0.250. The Balaban J connectivity index is 1.49. The molecule has 4 rings (SSSR count). The van der Waals surface area contributed by atoms with Crippen molar-refractivity contribution in [2.45, 2.75) is 0 Å². The van der Waals surface area contributed by atoms with Crippen molar-refractivity contribution in [3.8, 4) is 0 Å². The molecule has 6 nitrogen and oxygen atoms in total. The number of benzene rings is 1. The maximum absolute atomic E-state index is 13.8. The third-order valence-corrected chi connectivity index (χ3v) is 5.08. The van der Waals surface area contributed by atoms with Gasteiger partial charge in [-0.3, -0.25) is 9.78 Å². The van der Waals surface area contributed by atoms with E-state index in [2.05, 4.69) is 15.0 Å². The van der Waals surface area contributed by atoms with Crippen LogP contribution in [0.25, 0.3) is 10.2 Å². The molecule has 3 aromatic rings. The van der Waals surface area contributed by atoms with Crippen LogP contribution in [0.15, 0.2) is 30.7 Å². The van der Waals surface area contributed by atoms with Crippen molar-refractivity contribution in [1.29, 1.82) is 0 Å². The lowest BCUT2D eigenvalue weighted by Gasteiger charge is -2.34. The van der Waals surface area contributed by atoms with Crippen LogP contribution in [-0.4, -0.2) is 51.9 Å². The Morgan fingerprint density at radius 3 is 2.64 bits per heavy atom. The van der Waals surface area contributed by atoms with Crippen LogP contribution < -0.4 is 4.90 Å². The molecule has 9 heteroatoms. The summed E-state index contributed by atoms with van der Waals surface area (Å²) in [6.07, 6.45) is 4.45. The van der Waals surface area contributed by atoms with Gasteiger partial charge in [-0.05, 0) is 6.07 Å². The van der Waals surface area contributed by atoms with Crippen LogP contribution in [0.1, 0.15) is 10.5 Å². The zero-order chi connectivity index (χ0) is 17.4. The molecule has 0 unspecified atom stereocenters. The molecule has 0 atom stereocenters. The minimum Gasteiger partial charge on any atom is -0.345 e. The van der Waals surface area contributed by atoms with Gasteiger partial charge in [-0.15, -0.1) is 0 Å². The van der Waals surface area contributed by atoms with Crippen LogP contribution in [0, 0.1) is 11.6 Å². The second kappa shape index (κ2) is 6.32. The molecular weight excluding hydrogens is 348 g/mol. The number of carbonyl (C=O) groups excluding carboxylic acids is 1. The molecule has 0 aliphatic carbocycles. The molecule has 1 fully saturated rings. The summed E-state index contributed by atoms with van der Waals surface area (Å²) in [7, 11) is 0. The molecular formula is C16H13F2N5OS. The Morgan fingerprint density at radius 1 is 1.12 bits per heavy atom. The van der Waals surface area contributed by atoms with Gasteiger partial charge >= 0.3 is 0 Å². The molecule has 2 aromatic heterocycles. The van der Waals surface area contributed by atoms with Crippen LogP contribution >= 0.6 is 11.3 Å². The number of amides is 1. The maximum Gasteiger partial charge on any atom is 0.274 e. The fourth-order valence-electron chi connectivity index (χ4n) is 2.75. The molecule has 1 aliphatic rings. The monoisotopic (exact) mass is 361 g/mol. The first-order chi connectivity index (χ1) is 12.1. The van der Waals surface area contributed by atoms with E-state index in [9.17, 15) is 13.6 Å².